The fourth-order valence-corrected chi connectivity index (χ4v) is 2.29. The Morgan fingerprint density at radius 1 is 1.30 bits per heavy atom. The summed E-state index contributed by atoms with van der Waals surface area (Å²) >= 11 is 0. The molecule has 0 amide bonds. The molecule has 0 unspecified atom stereocenters. The van der Waals surface area contributed by atoms with Crippen molar-refractivity contribution < 1.29 is 0 Å². The molecule has 0 saturated carbocycles. The molecule has 2 atom stereocenters. The van der Waals surface area contributed by atoms with E-state index in [9.17, 15) is 0 Å². The summed E-state index contributed by atoms with van der Waals surface area (Å²) in [6.07, 6.45) is 5.46. The van der Waals surface area contributed by atoms with Gasteiger partial charge in [0, 0.05) is 18.6 Å². The Labute approximate surface area is 62.4 Å². The minimum Gasteiger partial charge on any atom is -0.326 e. The van der Waals surface area contributed by atoms with Crippen LogP contribution in [0.4, 0.5) is 0 Å². The van der Waals surface area contributed by atoms with Crippen molar-refractivity contribution in [1.29, 1.82) is 0 Å². The van der Waals surface area contributed by atoms with E-state index in [-0.39, 0.29) is 0 Å². The number of rotatable bonds is 0. The Hall–Kier alpha value is -0.0800. The van der Waals surface area contributed by atoms with Gasteiger partial charge in [0.1, 0.15) is 0 Å². The van der Waals surface area contributed by atoms with E-state index in [4.69, 9.17) is 5.73 Å². The third-order valence-electron chi connectivity index (χ3n) is 2.79. The zero-order chi connectivity index (χ0) is 6.97. The van der Waals surface area contributed by atoms with Crippen LogP contribution in [0.2, 0.25) is 0 Å². The molecule has 2 saturated heterocycles. The number of nitrogens with two attached hydrogens (primary N) is 1. The van der Waals surface area contributed by atoms with Gasteiger partial charge in [-0.2, -0.15) is 0 Å². The molecular weight excluding hydrogens is 124 g/mol. The standard InChI is InChI=1S/C8H16N2/c9-7-5-8-3-1-2-4-10(8)6-7/h7-8H,1-6,9H2/t7-,8+/m0/s1. The van der Waals surface area contributed by atoms with Gasteiger partial charge in [-0.15, -0.1) is 0 Å². The Balaban J connectivity index is 1.97. The smallest absolute Gasteiger partial charge is 0.0182 e. The quantitative estimate of drug-likeness (QED) is 0.533. The van der Waals surface area contributed by atoms with Crippen LogP contribution in [0.5, 0.6) is 0 Å². The van der Waals surface area contributed by atoms with Crippen molar-refractivity contribution in [1.82, 2.24) is 4.90 Å². The monoisotopic (exact) mass is 140 g/mol. The molecule has 2 heterocycles. The van der Waals surface area contributed by atoms with E-state index in [0.717, 1.165) is 12.6 Å². The minimum atomic E-state index is 0.475. The lowest BCUT2D eigenvalue weighted by atomic mass is 10.0. The first kappa shape index (κ1) is 6.62. The maximum Gasteiger partial charge on any atom is 0.0182 e. The molecular formula is C8H16N2. The number of fused-ring (bicyclic) bond motifs is 1. The molecule has 0 aromatic carbocycles. The zero-order valence-corrected chi connectivity index (χ0v) is 6.42. The van der Waals surface area contributed by atoms with Crippen LogP contribution < -0.4 is 5.73 Å². The van der Waals surface area contributed by atoms with E-state index in [1.807, 2.05) is 0 Å². The second-order valence-electron chi connectivity index (χ2n) is 3.64. The van der Waals surface area contributed by atoms with Gasteiger partial charge in [0.15, 0.2) is 0 Å². The van der Waals surface area contributed by atoms with Gasteiger partial charge >= 0.3 is 0 Å². The molecule has 2 aliphatic heterocycles. The van der Waals surface area contributed by atoms with Crippen molar-refractivity contribution in [2.75, 3.05) is 13.1 Å². The molecule has 58 valence electrons. The molecule has 2 nitrogen and oxygen atoms in total. The summed E-state index contributed by atoms with van der Waals surface area (Å²) in [5, 5.41) is 0. The third kappa shape index (κ3) is 1.06. The van der Waals surface area contributed by atoms with Crippen LogP contribution in [-0.2, 0) is 0 Å². The highest BCUT2D eigenvalue weighted by molar-refractivity contribution is 4.89. The van der Waals surface area contributed by atoms with Crippen LogP contribution in [0.15, 0.2) is 0 Å². The van der Waals surface area contributed by atoms with E-state index in [0.29, 0.717) is 6.04 Å². The van der Waals surface area contributed by atoms with E-state index >= 15 is 0 Å². The summed E-state index contributed by atoms with van der Waals surface area (Å²) in [6.45, 7) is 2.46. The normalized spacial score (nSPS) is 41.7. The number of piperidine rings is 1. The maximum atomic E-state index is 5.85. The molecule has 0 radical (unpaired) electrons. The number of hydrogen-bond donors (Lipinski definition) is 1. The van der Waals surface area contributed by atoms with Gasteiger partial charge in [0.2, 0.25) is 0 Å². The van der Waals surface area contributed by atoms with Crippen LogP contribution >= 0.6 is 0 Å². The van der Waals surface area contributed by atoms with Gasteiger partial charge in [-0.05, 0) is 25.8 Å². The van der Waals surface area contributed by atoms with Crippen LogP contribution in [0.1, 0.15) is 25.7 Å². The highest BCUT2D eigenvalue weighted by atomic mass is 15.2. The summed E-state index contributed by atoms with van der Waals surface area (Å²) in [7, 11) is 0. The molecule has 10 heavy (non-hydrogen) atoms. The van der Waals surface area contributed by atoms with E-state index in [1.54, 1.807) is 0 Å². The minimum absolute atomic E-state index is 0.475. The molecule has 0 aromatic rings. The fraction of sp³-hybridized carbons (Fsp3) is 1.00. The lowest BCUT2D eigenvalue weighted by Gasteiger charge is -2.28. The highest BCUT2D eigenvalue weighted by Crippen LogP contribution is 2.25. The first-order chi connectivity index (χ1) is 4.86. The number of hydrogen-bond acceptors (Lipinski definition) is 2. The lowest BCUT2D eigenvalue weighted by Crippen LogP contribution is -2.34. The predicted octanol–water partition coefficient (Wildman–Crippen LogP) is 0.572. The van der Waals surface area contributed by atoms with Crippen molar-refractivity contribution >= 4 is 0 Å². The van der Waals surface area contributed by atoms with Crippen molar-refractivity contribution in [2.45, 2.75) is 37.8 Å². The van der Waals surface area contributed by atoms with E-state index in [1.165, 1.54) is 32.2 Å². The molecule has 0 spiro atoms. The molecule has 2 rings (SSSR count). The van der Waals surface area contributed by atoms with Gasteiger partial charge < -0.3 is 5.73 Å². The SMILES string of the molecule is N[C@H]1C[C@H]2CCCCN2C1. The second-order valence-corrected chi connectivity index (χ2v) is 3.64. The van der Waals surface area contributed by atoms with Gasteiger partial charge in [-0.3, -0.25) is 4.90 Å². The summed E-state index contributed by atoms with van der Waals surface area (Å²) in [5.41, 5.74) is 5.85. The molecule has 2 N–H and O–H groups in total. The third-order valence-corrected chi connectivity index (χ3v) is 2.79. The second kappa shape index (κ2) is 2.51. The average molecular weight is 140 g/mol. The summed E-state index contributed by atoms with van der Waals surface area (Å²) in [6, 6.07) is 1.33. The average Bonchev–Trinajstić information content (AvgIpc) is 2.27. The highest BCUT2D eigenvalue weighted by Gasteiger charge is 2.30. The van der Waals surface area contributed by atoms with Gasteiger partial charge in [-0.25, -0.2) is 0 Å². The molecule has 2 aliphatic rings. The van der Waals surface area contributed by atoms with Gasteiger partial charge in [0.25, 0.3) is 0 Å². The summed E-state index contributed by atoms with van der Waals surface area (Å²) in [4.78, 5) is 2.56. The fourth-order valence-electron chi connectivity index (χ4n) is 2.29. The van der Waals surface area contributed by atoms with Crippen molar-refractivity contribution in [3.8, 4) is 0 Å². The molecule has 0 bridgehead atoms. The van der Waals surface area contributed by atoms with Gasteiger partial charge in [-0.1, -0.05) is 6.42 Å². The Morgan fingerprint density at radius 2 is 2.20 bits per heavy atom. The molecule has 2 heteroatoms. The van der Waals surface area contributed by atoms with Crippen molar-refractivity contribution in [3.05, 3.63) is 0 Å². The first-order valence-corrected chi connectivity index (χ1v) is 4.36. The molecule has 0 aromatic heterocycles. The molecule has 0 aliphatic carbocycles. The topological polar surface area (TPSA) is 29.3 Å². The summed E-state index contributed by atoms with van der Waals surface area (Å²) < 4.78 is 0. The zero-order valence-electron chi connectivity index (χ0n) is 6.42. The van der Waals surface area contributed by atoms with E-state index in [2.05, 4.69) is 4.90 Å². The Morgan fingerprint density at radius 3 is 3.00 bits per heavy atom. The molecule has 2 fully saturated rings. The van der Waals surface area contributed by atoms with E-state index < -0.39 is 0 Å². The predicted molar refractivity (Wildman–Crippen MR) is 41.8 cm³/mol. The largest absolute Gasteiger partial charge is 0.326 e. The lowest BCUT2D eigenvalue weighted by molar-refractivity contribution is 0.197. The van der Waals surface area contributed by atoms with Crippen molar-refractivity contribution in [3.63, 3.8) is 0 Å². The van der Waals surface area contributed by atoms with Crippen LogP contribution in [0.25, 0.3) is 0 Å². The Kier molecular flexibility index (Phi) is 1.66. The van der Waals surface area contributed by atoms with Crippen molar-refractivity contribution in [2.24, 2.45) is 5.73 Å². The first-order valence-electron chi connectivity index (χ1n) is 4.36. The summed E-state index contributed by atoms with van der Waals surface area (Å²) in [5.74, 6) is 0. The number of nitrogens with zero attached hydrogens (tertiary/aromatic N) is 1. The van der Waals surface area contributed by atoms with Crippen LogP contribution in [-0.4, -0.2) is 30.1 Å². The van der Waals surface area contributed by atoms with Crippen LogP contribution in [0, 0.1) is 0 Å². The maximum absolute atomic E-state index is 5.85. The Bertz CT molecular complexity index is 110. The van der Waals surface area contributed by atoms with Crippen LogP contribution in [0.3, 0.4) is 0 Å². The van der Waals surface area contributed by atoms with Gasteiger partial charge in [0.05, 0.1) is 0 Å².